The first-order valence-corrected chi connectivity index (χ1v) is 6.68. The Labute approximate surface area is 121 Å². The third-order valence-corrected chi connectivity index (χ3v) is 3.35. The van der Waals surface area contributed by atoms with Crippen molar-refractivity contribution >= 4 is 22.8 Å². The van der Waals surface area contributed by atoms with Crippen molar-refractivity contribution in [3.63, 3.8) is 0 Å². The van der Waals surface area contributed by atoms with Crippen molar-refractivity contribution in [3.05, 3.63) is 52.8 Å². The second kappa shape index (κ2) is 5.09. The summed E-state index contributed by atoms with van der Waals surface area (Å²) in [7, 11) is 0. The van der Waals surface area contributed by atoms with Gasteiger partial charge in [-0.1, -0.05) is 12.1 Å². The first kappa shape index (κ1) is 13.4. The number of nitrogen functional groups attached to an aromatic ring is 1. The lowest BCUT2D eigenvalue weighted by atomic mass is 10.1. The number of hydrogen-bond acceptors (Lipinski definition) is 4. The van der Waals surface area contributed by atoms with Gasteiger partial charge in [0.2, 0.25) is 0 Å². The molecule has 0 aliphatic rings. The van der Waals surface area contributed by atoms with Crippen molar-refractivity contribution < 1.29 is 8.81 Å². The standard InChI is InChI=1S/C16H16FN3O/c1-9-5-11(6-10(2)15(9)17)8-19-16-20-13-4-3-12(18)7-14(13)21-16/h3-7H,8,18H2,1-2H3,(H,19,20). The predicted molar refractivity (Wildman–Crippen MR) is 81.6 cm³/mol. The van der Waals surface area contributed by atoms with E-state index in [1.54, 1.807) is 26.0 Å². The lowest BCUT2D eigenvalue weighted by Gasteiger charge is -2.07. The molecule has 4 nitrogen and oxygen atoms in total. The number of oxazole rings is 1. The van der Waals surface area contributed by atoms with Crippen LogP contribution in [0, 0.1) is 19.7 Å². The first-order chi connectivity index (χ1) is 10.0. The van der Waals surface area contributed by atoms with E-state index in [1.807, 2.05) is 18.2 Å². The molecule has 2 aromatic carbocycles. The summed E-state index contributed by atoms with van der Waals surface area (Å²) in [5.41, 5.74) is 9.98. The molecule has 5 heteroatoms. The average Bonchev–Trinajstić information content (AvgIpc) is 2.84. The molecule has 21 heavy (non-hydrogen) atoms. The SMILES string of the molecule is Cc1cc(CNc2nc3ccc(N)cc3o2)cc(C)c1F. The number of benzene rings is 2. The Balaban J connectivity index is 1.80. The molecule has 0 amide bonds. The van der Waals surface area contributed by atoms with E-state index in [-0.39, 0.29) is 5.82 Å². The van der Waals surface area contributed by atoms with E-state index in [1.165, 1.54) is 0 Å². The molecule has 0 saturated heterocycles. The predicted octanol–water partition coefficient (Wildman–Crippen LogP) is 3.78. The Kier molecular flexibility index (Phi) is 3.25. The molecule has 0 unspecified atom stereocenters. The highest BCUT2D eigenvalue weighted by molar-refractivity contribution is 5.78. The van der Waals surface area contributed by atoms with Crippen molar-refractivity contribution in [2.45, 2.75) is 20.4 Å². The van der Waals surface area contributed by atoms with Crippen LogP contribution >= 0.6 is 0 Å². The molecular formula is C16H16FN3O. The number of hydrogen-bond donors (Lipinski definition) is 2. The number of anilines is 2. The van der Waals surface area contributed by atoms with Crippen molar-refractivity contribution in [1.82, 2.24) is 4.98 Å². The zero-order valence-corrected chi connectivity index (χ0v) is 11.9. The molecule has 3 N–H and O–H groups in total. The summed E-state index contributed by atoms with van der Waals surface area (Å²) in [4.78, 5) is 4.32. The van der Waals surface area contributed by atoms with Gasteiger partial charge in [-0.25, -0.2) is 4.39 Å². The molecule has 3 aromatic rings. The minimum absolute atomic E-state index is 0.156. The van der Waals surface area contributed by atoms with E-state index in [9.17, 15) is 4.39 Å². The number of aryl methyl sites for hydroxylation is 2. The van der Waals surface area contributed by atoms with Gasteiger partial charge in [0, 0.05) is 18.3 Å². The number of nitrogens with two attached hydrogens (primary N) is 1. The molecule has 3 rings (SSSR count). The van der Waals surface area contributed by atoms with Crippen LogP contribution in [-0.4, -0.2) is 4.98 Å². The van der Waals surface area contributed by atoms with E-state index in [0.29, 0.717) is 35.0 Å². The van der Waals surface area contributed by atoms with Crippen LogP contribution in [0.1, 0.15) is 16.7 Å². The zero-order chi connectivity index (χ0) is 15.0. The summed E-state index contributed by atoms with van der Waals surface area (Å²) >= 11 is 0. The van der Waals surface area contributed by atoms with Crippen LogP contribution in [0.4, 0.5) is 16.1 Å². The van der Waals surface area contributed by atoms with Crippen LogP contribution in [0.3, 0.4) is 0 Å². The van der Waals surface area contributed by atoms with Crippen molar-refractivity contribution in [1.29, 1.82) is 0 Å². The number of nitrogens with zero attached hydrogens (tertiary/aromatic N) is 1. The molecule has 1 heterocycles. The highest BCUT2D eigenvalue weighted by atomic mass is 19.1. The van der Waals surface area contributed by atoms with E-state index in [0.717, 1.165) is 11.1 Å². The Bertz CT molecular complexity index is 787. The van der Waals surface area contributed by atoms with Gasteiger partial charge in [0.05, 0.1) is 0 Å². The Morgan fingerprint density at radius 2 is 1.90 bits per heavy atom. The maximum Gasteiger partial charge on any atom is 0.295 e. The summed E-state index contributed by atoms with van der Waals surface area (Å²) in [6, 6.07) is 9.38. The van der Waals surface area contributed by atoms with Gasteiger partial charge in [0.1, 0.15) is 11.3 Å². The number of aromatic nitrogens is 1. The largest absolute Gasteiger partial charge is 0.423 e. The zero-order valence-electron chi connectivity index (χ0n) is 11.9. The first-order valence-electron chi connectivity index (χ1n) is 6.68. The monoisotopic (exact) mass is 285 g/mol. The number of fused-ring (bicyclic) bond motifs is 1. The lowest BCUT2D eigenvalue weighted by Crippen LogP contribution is -2.01. The van der Waals surface area contributed by atoms with Gasteiger partial charge < -0.3 is 15.5 Å². The van der Waals surface area contributed by atoms with Gasteiger partial charge >= 0.3 is 0 Å². The van der Waals surface area contributed by atoms with Gasteiger partial charge in [0.15, 0.2) is 5.58 Å². The fraction of sp³-hybridized carbons (Fsp3) is 0.188. The Hall–Kier alpha value is -2.56. The van der Waals surface area contributed by atoms with Gasteiger partial charge in [-0.3, -0.25) is 0 Å². The highest BCUT2D eigenvalue weighted by Gasteiger charge is 2.07. The number of halogens is 1. The molecule has 0 saturated carbocycles. The van der Waals surface area contributed by atoms with E-state index >= 15 is 0 Å². The smallest absolute Gasteiger partial charge is 0.295 e. The molecule has 0 fully saturated rings. The maximum atomic E-state index is 13.6. The van der Waals surface area contributed by atoms with Crippen LogP contribution < -0.4 is 11.1 Å². The van der Waals surface area contributed by atoms with Crippen molar-refractivity contribution in [3.8, 4) is 0 Å². The second-order valence-corrected chi connectivity index (χ2v) is 5.14. The number of rotatable bonds is 3. The maximum absolute atomic E-state index is 13.6. The van der Waals surface area contributed by atoms with E-state index in [4.69, 9.17) is 10.2 Å². The second-order valence-electron chi connectivity index (χ2n) is 5.14. The summed E-state index contributed by atoms with van der Waals surface area (Å²) in [5, 5.41) is 3.10. The lowest BCUT2D eigenvalue weighted by molar-refractivity contribution is 0.606. The summed E-state index contributed by atoms with van der Waals surface area (Å²) < 4.78 is 19.2. The number of nitrogens with one attached hydrogen (secondary N) is 1. The molecule has 0 atom stereocenters. The average molecular weight is 285 g/mol. The summed E-state index contributed by atoms with van der Waals surface area (Å²) in [6.07, 6.45) is 0. The highest BCUT2D eigenvalue weighted by Crippen LogP contribution is 2.22. The normalized spacial score (nSPS) is 11.0. The topological polar surface area (TPSA) is 64.1 Å². The van der Waals surface area contributed by atoms with Crippen LogP contribution in [0.2, 0.25) is 0 Å². The summed E-state index contributed by atoms with van der Waals surface area (Å²) in [6.45, 7) is 4.03. The van der Waals surface area contributed by atoms with Crippen LogP contribution in [-0.2, 0) is 6.54 Å². The van der Waals surface area contributed by atoms with Crippen LogP contribution in [0.25, 0.3) is 11.1 Å². The molecule has 0 radical (unpaired) electrons. The minimum Gasteiger partial charge on any atom is -0.423 e. The molecule has 0 bridgehead atoms. The summed E-state index contributed by atoms with van der Waals surface area (Å²) in [5.74, 6) is -0.156. The molecular weight excluding hydrogens is 269 g/mol. The van der Waals surface area contributed by atoms with E-state index in [2.05, 4.69) is 10.3 Å². The van der Waals surface area contributed by atoms with E-state index < -0.39 is 0 Å². The van der Waals surface area contributed by atoms with Gasteiger partial charge in [0.25, 0.3) is 6.01 Å². The van der Waals surface area contributed by atoms with Crippen molar-refractivity contribution in [2.75, 3.05) is 11.1 Å². The van der Waals surface area contributed by atoms with Crippen LogP contribution in [0.5, 0.6) is 0 Å². The molecule has 0 spiro atoms. The third-order valence-electron chi connectivity index (χ3n) is 3.35. The van der Waals surface area contributed by atoms with Crippen molar-refractivity contribution in [2.24, 2.45) is 0 Å². The fourth-order valence-electron chi connectivity index (χ4n) is 2.33. The Morgan fingerprint density at radius 1 is 1.19 bits per heavy atom. The molecule has 1 aromatic heterocycles. The Morgan fingerprint density at radius 3 is 2.62 bits per heavy atom. The van der Waals surface area contributed by atoms with Gasteiger partial charge in [-0.2, -0.15) is 4.98 Å². The molecule has 0 aliphatic heterocycles. The van der Waals surface area contributed by atoms with Gasteiger partial charge in [-0.15, -0.1) is 0 Å². The minimum atomic E-state index is -0.156. The third kappa shape index (κ3) is 2.67. The quantitative estimate of drug-likeness (QED) is 0.719. The fourth-order valence-corrected chi connectivity index (χ4v) is 2.33. The molecule has 0 aliphatic carbocycles. The molecule has 108 valence electrons. The van der Waals surface area contributed by atoms with Gasteiger partial charge in [-0.05, 0) is 42.7 Å². The van der Waals surface area contributed by atoms with Crippen LogP contribution in [0.15, 0.2) is 34.7 Å².